The van der Waals surface area contributed by atoms with Crippen molar-refractivity contribution in [3.63, 3.8) is 0 Å². The highest BCUT2D eigenvalue weighted by molar-refractivity contribution is 7.89. The summed E-state index contributed by atoms with van der Waals surface area (Å²) in [6.45, 7) is 0.542. The Bertz CT molecular complexity index is 950. The van der Waals surface area contributed by atoms with E-state index in [1.54, 1.807) is 24.3 Å². The Labute approximate surface area is 177 Å². The van der Waals surface area contributed by atoms with Gasteiger partial charge in [0.2, 0.25) is 15.9 Å². The molecule has 1 unspecified atom stereocenters. The van der Waals surface area contributed by atoms with Crippen molar-refractivity contribution in [2.24, 2.45) is 0 Å². The lowest BCUT2D eigenvalue weighted by Crippen LogP contribution is -2.34. The second kappa shape index (κ2) is 10.4. The van der Waals surface area contributed by atoms with Gasteiger partial charge in [0.1, 0.15) is 11.5 Å². The summed E-state index contributed by atoms with van der Waals surface area (Å²) in [5, 5.41) is 2.89. The lowest BCUT2D eigenvalue weighted by molar-refractivity contribution is -0.121. The van der Waals surface area contributed by atoms with Crippen LogP contribution in [0, 0.1) is 0 Å². The van der Waals surface area contributed by atoms with Crippen molar-refractivity contribution in [2.75, 3.05) is 13.7 Å². The van der Waals surface area contributed by atoms with Crippen molar-refractivity contribution in [1.29, 1.82) is 0 Å². The summed E-state index contributed by atoms with van der Waals surface area (Å²) in [6.07, 6.45) is 9.12. The van der Waals surface area contributed by atoms with E-state index in [2.05, 4.69) is 16.1 Å². The first-order valence-electron chi connectivity index (χ1n) is 10.1. The summed E-state index contributed by atoms with van der Waals surface area (Å²) in [7, 11) is -2.34. The number of hydrogen-bond donors (Lipinski definition) is 2. The second-order valence-electron chi connectivity index (χ2n) is 7.28. The number of ether oxygens (including phenoxy) is 1. The van der Waals surface area contributed by atoms with Crippen LogP contribution in [0.1, 0.15) is 50.3 Å². The first kappa shape index (κ1) is 22.1. The lowest BCUT2D eigenvalue weighted by atomic mass is 9.97. The Morgan fingerprint density at radius 1 is 1.20 bits per heavy atom. The van der Waals surface area contributed by atoms with Crippen molar-refractivity contribution in [2.45, 2.75) is 49.5 Å². The SMILES string of the molecule is COc1ccc(S(=O)(=O)NC(CC(=O)NCCC2=CCCCC2)c2ccco2)cc1. The van der Waals surface area contributed by atoms with Crippen molar-refractivity contribution >= 4 is 15.9 Å². The van der Waals surface area contributed by atoms with Gasteiger partial charge in [-0.25, -0.2) is 8.42 Å². The van der Waals surface area contributed by atoms with Crippen LogP contribution >= 0.6 is 0 Å². The molecular formula is C22H28N2O5S. The Kier molecular flexibility index (Phi) is 7.70. The fraction of sp³-hybridized carbons (Fsp3) is 0.409. The summed E-state index contributed by atoms with van der Waals surface area (Å²) in [5.41, 5.74) is 1.38. The average Bonchev–Trinajstić information content (AvgIpc) is 3.29. The number of furan rings is 1. The molecule has 30 heavy (non-hydrogen) atoms. The molecule has 162 valence electrons. The van der Waals surface area contributed by atoms with E-state index in [0.29, 0.717) is 18.1 Å². The van der Waals surface area contributed by atoms with E-state index in [0.717, 1.165) is 19.3 Å². The minimum absolute atomic E-state index is 0.0536. The zero-order valence-corrected chi connectivity index (χ0v) is 17.9. The van der Waals surface area contributed by atoms with E-state index in [1.807, 2.05) is 0 Å². The molecule has 1 atom stereocenters. The molecule has 3 rings (SSSR count). The van der Waals surface area contributed by atoms with Gasteiger partial charge in [-0.2, -0.15) is 4.72 Å². The predicted octanol–water partition coefficient (Wildman–Crippen LogP) is 3.70. The van der Waals surface area contributed by atoms with Gasteiger partial charge in [-0.3, -0.25) is 4.79 Å². The zero-order chi connectivity index (χ0) is 21.4. The summed E-state index contributed by atoms with van der Waals surface area (Å²) in [6, 6.07) is 8.57. The fourth-order valence-electron chi connectivity index (χ4n) is 3.45. The van der Waals surface area contributed by atoms with Gasteiger partial charge in [0.05, 0.1) is 30.7 Å². The standard InChI is InChI=1S/C22H28N2O5S/c1-28-18-9-11-19(12-10-18)30(26,27)24-20(21-8-5-15-29-21)16-22(25)23-14-13-17-6-3-2-4-7-17/h5-6,8-12,15,20,24H,2-4,7,13-14,16H2,1H3,(H,23,25). The molecule has 1 aromatic heterocycles. The third-order valence-corrected chi connectivity index (χ3v) is 6.58. The maximum absolute atomic E-state index is 12.8. The van der Waals surface area contributed by atoms with Gasteiger partial charge in [0.15, 0.2) is 0 Å². The molecule has 8 heteroatoms. The van der Waals surface area contributed by atoms with Gasteiger partial charge < -0.3 is 14.5 Å². The van der Waals surface area contributed by atoms with E-state index in [9.17, 15) is 13.2 Å². The number of sulfonamides is 1. The quantitative estimate of drug-likeness (QED) is 0.558. The van der Waals surface area contributed by atoms with Crippen molar-refractivity contribution in [3.8, 4) is 5.75 Å². The Morgan fingerprint density at radius 2 is 2.00 bits per heavy atom. The van der Waals surface area contributed by atoms with E-state index in [4.69, 9.17) is 9.15 Å². The third-order valence-electron chi connectivity index (χ3n) is 5.10. The van der Waals surface area contributed by atoms with Gasteiger partial charge in [-0.05, 0) is 68.5 Å². The number of hydrogen-bond acceptors (Lipinski definition) is 5. The Balaban J connectivity index is 1.62. The van der Waals surface area contributed by atoms with Crippen molar-refractivity contribution in [1.82, 2.24) is 10.0 Å². The van der Waals surface area contributed by atoms with Crippen LogP contribution < -0.4 is 14.8 Å². The van der Waals surface area contributed by atoms with Gasteiger partial charge in [-0.15, -0.1) is 0 Å². The summed E-state index contributed by atoms with van der Waals surface area (Å²) >= 11 is 0. The van der Waals surface area contributed by atoms with Crippen LogP contribution in [0.2, 0.25) is 0 Å². The molecule has 7 nitrogen and oxygen atoms in total. The molecule has 0 fully saturated rings. The van der Waals surface area contributed by atoms with E-state index in [-0.39, 0.29) is 17.2 Å². The molecule has 1 aliphatic rings. The van der Waals surface area contributed by atoms with Crippen molar-refractivity contribution < 1.29 is 22.4 Å². The molecule has 0 radical (unpaired) electrons. The number of rotatable bonds is 10. The highest BCUT2D eigenvalue weighted by atomic mass is 32.2. The molecule has 0 spiro atoms. The third kappa shape index (κ3) is 6.21. The molecule has 0 saturated heterocycles. The summed E-state index contributed by atoms with van der Waals surface area (Å²) in [4.78, 5) is 12.6. The molecule has 1 heterocycles. The van der Waals surface area contributed by atoms with Crippen LogP contribution in [0.25, 0.3) is 0 Å². The number of carbonyl (C=O) groups excluding carboxylic acids is 1. The highest BCUT2D eigenvalue weighted by Crippen LogP contribution is 2.23. The first-order chi connectivity index (χ1) is 14.5. The normalized spacial score (nSPS) is 15.3. The molecule has 1 amide bonds. The number of methoxy groups -OCH3 is 1. The van der Waals surface area contributed by atoms with E-state index >= 15 is 0 Å². The molecule has 1 aliphatic carbocycles. The molecule has 0 aliphatic heterocycles. The summed E-state index contributed by atoms with van der Waals surface area (Å²) in [5.74, 6) is 0.714. The van der Waals surface area contributed by atoms with E-state index < -0.39 is 16.1 Å². The monoisotopic (exact) mass is 432 g/mol. The number of amides is 1. The highest BCUT2D eigenvalue weighted by Gasteiger charge is 2.25. The van der Waals surface area contributed by atoms with Crippen LogP contribution in [0.3, 0.4) is 0 Å². The number of nitrogens with one attached hydrogen (secondary N) is 2. The van der Waals surface area contributed by atoms with Crippen LogP contribution in [-0.4, -0.2) is 28.0 Å². The minimum atomic E-state index is -3.85. The predicted molar refractivity (Wildman–Crippen MR) is 114 cm³/mol. The van der Waals surface area contributed by atoms with E-state index in [1.165, 1.54) is 43.9 Å². The Morgan fingerprint density at radius 3 is 2.63 bits per heavy atom. The van der Waals surface area contributed by atoms with Crippen LogP contribution in [0.5, 0.6) is 5.75 Å². The number of carbonyl (C=O) groups is 1. The molecular weight excluding hydrogens is 404 g/mol. The zero-order valence-electron chi connectivity index (χ0n) is 17.1. The first-order valence-corrected chi connectivity index (χ1v) is 11.6. The molecule has 2 aromatic rings. The van der Waals surface area contributed by atoms with Gasteiger partial charge in [-0.1, -0.05) is 11.6 Å². The number of allylic oxidation sites excluding steroid dienone is 1. The van der Waals surface area contributed by atoms with Gasteiger partial charge in [0.25, 0.3) is 0 Å². The molecule has 2 N–H and O–H groups in total. The second-order valence-corrected chi connectivity index (χ2v) is 8.99. The maximum Gasteiger partial charge on any atom is 0.241 e. The van der Waals surface area contributed by atoms with Crippen LogP contribution in [0.15, 0.2) is 63.6 Å². The Hall–Kier alpha value is -2.58. The van der Waals surface area contributed by atoms with Crippen LogP contribution in [-0.2, 0) is 14.8 Å². The average molecular weight is 433 g/mol. The van der Waals surface area contributed by atoms with Gasteiger partial charge >= 0.3 is 0 Å². The smallest absolute Gasteiger partial charge is 0.241 e. The topological polar surface area (TPSA) is 97.6 Å². The number of benzene rings is 1. The molecule has 1 aromatic carbocycles. The lowest BCUT2D eigenvalue weighted by Gasteiger charge is -2.17. The van der Waals surface area contributed by atoms with Crippen molar-refractivity contribution in [3.05, 3.63) is 60.1 Å². The minimum Gasteiger partial charge on any atom is -0.497 e. The largest absolute Gasteiger partial charge is 0.497 e. The van der Waals surface area contributed by atoms with Gasteiger partial charge in [0, 0.05) is 6.54 Å². The maximum atomic E-state index is 12.8. The fourth-order valence-corrected chi connectivity index (χ4v) is 4.66. The molecule has 0 saturated carbocycles. The summed E-state index contributed by atoms with van der Waals surface area (Å²) < 4.78 is 38.6. The molecule has 0 bridgehead atoms. The van der Waals surface area contributed by atoms with Crippen LogP contribution in [0.4, 0.5) is 0 Å².